The average Bonchev–Trinajstić information content (AvgIpc) is 2.37. The largest absolute Gasteiger partial charge is 0.0819 e. The SMILES string of the molecule is CC/C=C(C)/C=C/C=C(C)/C=C/C1=CCCCC1(C)C. The van der Waals surface area contributed by atoms with Gasteiger partial charge in [-0.15, -0.1) is 0 Å². The number of allylic oxidation sites excluding steroid dienone is 10. The molecule has 0 aromatic heterocycles. The minimum absolute atomic E-state index is 0.339. The zero-order chi connectivity index (χ0) is 15.0. The highest BCUT2D eigenvalue weighted by atomic mass is 14.3. The average molecular weight is 270 g/mol. The quantitative estimate of drug-likeness (QED) is 0.498. The molecule has 0 spiro atoms. The lowest BCUT2D eigenvalue weighted by Crippen LogP contribution is -2.16. The van der Waals surface area contributed by atoms with Gasteiger partial charge >= 0.3 is 0 Å². The van der Waals surface area contributed by atoms with Crippen molar-refractivity contribution in [3.63, 3.8) is 0 Å². The first-order valence-electron chi connectivity index (χ1n) is 7.86. The fourth-order valence-corrected chi connectivity index (χ4v) is 2.53. The second-order valence-corrected chi connectivity index (χ2v) is 6.40. The van der Waals surface area contributed by atoms with Crippen LogP contribution in [0, 0.1) is 5.41 Å². The van der Waals surface area contributed by atoms with E-state index in [0.29, 0.717) is 5.41 Å². The fourth-order valence-electron chi connectivity index (χ4n) is 2.53. The van der Waals surface area contributed by atoms with E-state index in [0.717, 1.165) is 6.42 Å². The topological polar surface area (TPSA) is 0 Å². The summed E-state index contributed by atoms with van der Waals surface area (Å²) in [6.07, 6.45) is 20.6. The highest BCUT2D eigenvalue weighted by Gasteiger charge is 2.23. The maximum absolute atomic E-state index is 2.40. The summed E-state index contributed by atoms with van der Waals surface area (Å²) in [7, 11) is 0. The fraction of sp³-hybridized carbons (Fsp3) is 0.500. The van der Waals surface area contributed by atoms with Gasteiger partial charge in [-0.3, -0.25) is 0 Å². The zero-order valence-electron chi connectivity index (χ0n) is 13.9. The minimum atomic E-state index is 0.339. The van der Waals surface area contributed by atoms with E-state index in [1.165, 1.54) is 36.0 Å². The number of hydrogen-bond donors (Lipinski definition) is 0. The van der Waals surface area contributed by atoms with Crippen molar-refractivity contribution in [1.29, 1.82) is 0 Å². The van der Waals surface area contributed by atoms with Crippen molar-refractivity contribution in [2.45, 2.75) is 60.3 Å². The lowest BCUT2D eigenvalue weighted by atomic mass is 9.75. The molecule has 0 heterocycles. The second kappa shape index (κ2) is 8.09. The molecule has 0 aromatic rings. The van der Waals surface area contributed by atoms with Crippen LogP contribution < -0.4 is 0 Å². The molecule has 0 radical (unpaired) electrons. The van der Waals surface area contributed by atoms with Crippen molar-refractivity contribution < 1.29 is 0 Å². The lowest BCUT2D eigenvalue weighted by Gasteiger charge is -2.30. The van der Waals surface area contributed by atoms with Crippen LogP contribution >= 0.6 is 0 Å². The van der Waals surface area contributed by atoms with Gasteiger partial charge in [-0.05, 0) is 50.5 Å². The molecule has 0 N–H and O–H groups in total. The second-order valence-electron chi connectivity index (χ2n) is 6.40. The lowest BCUT2D eigenvalue weighted by molar-refractivity contribution is 0.385. The van der Waals surface area contributed by atoms with Crippen LogP contribution in [-0.2, 0) is 0 Å². The van der Waals surface area contributed by atoms with Crippen LogP contribution in [-0.4, -0.2) is 0 Å². The first kappa shape index (κ1) is 16.8. The summed E-state index contributed by atoms with van der Waals surface area (Å²) in [6, 6.07) is 0. The third-order valence-corrected chi connectivity index (χ3v) is 3.92. The monoisotopic (exact) mass is 270 g/mol. The normalized spacial score (nSPS) is 20.8. The standard InChI is InChI=1S/C20H30/c1-6-10-17(2)11-9-12-18(3)14-15-19-13-7-8-16-20(19,4)5/h9-15H,6-8,16H2,1-5H3/b11-9+,15-14+,17-10+,18-12+. The van der Waals surface area contributed by atoms with Gasteiger partial charge < -0.3 is 0 Å². The molecule has 0 saturated carbocycles. The Balaban J connectivity index is 2.66. The van der Waals surface area contributed by atoms with Crippen LogP contribution in [0.2, 0.25) is 0 Å². The molecule has 1 rings (SSSR count). The Kier molecular flexibility index (Phi) is 6.78. The van der Waals surface area contributed by atoms with Crippen LogP contribution in [0.1, 0.15) is 60.3 Å². The summed E-state index contributed by atoms with van der Waals surface area (Å²) in [6.45, 7) is 11.2. The molecule has 0 aliphatic heterocycles. The summed E-state index contributed by atoms with van der Waals surface area (Å²) >= 11 is 0. The van der Waals surface area contributed by atoms with Crippen molar-refractivity contribution in [3.05, 3.63) is 59.3 Å². The van der Waals surface area contributed by atoms with Crippen molar-refractivity contribution >= 4 is 0 Å². The zero-order valence-corrected chi connectivity index (χ0v) is 13.9. The Morgan fingerprint density at radius 3 is 2.60 bits per heavy atom. The van der Waals surface area contributed by atoms with Gasteiger partial charge in [-0.2, -0.15) is 0 Å². The van der Waals surface area contributed by atoms with Crippen LogP contribution in [0.3, 0.4) is 0 Å². The molecule has 0 aromatic carbocycles. The van der Waals surface area contributed by atoms with Crippen molar-refractivity contribution in [2.24, 2.45) is 5.41 Å². The minimum Gasteiger partial charge on any atom is -0.0819 e. The van der Waals surface area contributed by atoms with E-state index < -0.39 is 0 Å². The first-order valence-corrected chi connectivity index (χ1v) is 7.86. The molecule has 0 bridgehead atoms. The summed E-state index contributed by atoms with van der Waals surface area (Å²) in [5.74, 6) is 0. The summed E-state index contributed by atoms with van der Waals surface area (Å²) < 4.78 is 0. The van der Waals surface area contributed by atoms with Gasteiger partial charge in [0, 0.05) is 0 Å². The van der Waals surface area contributed by atoms with Gasteiger partial charge in [0.2, 0.25) is 0 Å². The molecule has 1 aliphatic carbocycles. The molecule has 0 saturated heterocycles. The third kappa shape index (κ3) is 5.77. The Morgan fingerprint density at radius 2 is 1.95 bits per heavy atom. The molecular formula is C20H30. The molecular weight excluding hydrogens is 240 g/mol. The first-order chi connectivity index (χ1) is 9.45. The molecule has 0 heteroatoms. The molecule has 20 heavy (non-hydrogen) atoms. The molecule has 1 aliphatic rings. The maximum atomic E-state index is 2.40. The van der Waals surface area contributed by atoms with Crippen LogP contribution in [0.15, 0.2) is 59.3 Å². The molecule has 0 atom stereocenters. The maximum Gasteiger partial charge on any atom is -0.0107 e. The third-order valence-electron chi connectivity index (χ3n) is 3.92. The highest BCUT2D eigenvalue weighted by molar-refractivity contribution is 5.34. The Hall–Kier alpha value is -1.30. The Bertz CT molecular complexity index is 450. The van der Waals surface area contributed by atoms with Gasteiger partial charge in [0.05, 0.1) is 0 Å². The molecule has 110 valence electrons. The molecule has 0 amide bonds. The van der Waals surface area contributed by atoms with E-state index in [4.69, 9.17) is 0 Å². The number of rotatable bonds is 5. The molecule has 0 unspecified atom stereocenters. The predicted molar refractivity (Wildman–Crippen MR) is 91.8 cm³/mol. The predicted octanol–water partition coefficient (Wildman–Crippen LogP) is 6.54. The van der Waals surface area contributed by atoms with Gasteiger partial charge in [0.1, 0.15) is 0 Å². The van der Waals surface area contributed by atoms with Crippen molar-refractivity contribution in [2.75, 3.05) is 0 Å². The summed E-state index contributed by atoms with van der Waals surface area (Å²) in [5, 5.41) is 0. The van der Waals surface area contributed by atoms with Crippen LogP contribution in [0.25, 0.3) is 0 Å². The van der Waals surface area contributed by atoms with Gasteiger partial charge in [0.15, 0.2) is 0 Å². The smallest absolute Gasteiger partial charge is 0.0107 e. The van der Waals surface area contributed by atoms with Crippen LogP contribution in [0.5, 0.6) is 0 Å². The van der Waals surface area contributed by atoms with Gasteiger partial charge in [0.25, 0.3) is 0 Å². The number of hydrogen-bond acceptors (Lipinski definition) is 0. The molecule has 0 nitrogen and oxygen atoms in total. The van der Waals surface area contributed by atoms with Crippen molar-refractivity contribution in [3.8, 4) is 0 Å². The van der Waals surface area contributed by atoms with E-state index in [1.807, 2.05) is 0 Å². The Morgan fingerprint density at radius 1 is 1.20 bits per heavy atom. The molecule has 0 fully saturated rings. The van der Waals surface area contributed by atoms with Gasteiger partial charge in [-0.1, -0.05) is 74.4 Å². The van der Waals surface area contributed by atoms with E-state index in [2.05, 4.69) is 77.2 Å². The van der Waals surface area contributed by atoms with Gasteiger partial charge in [-0.25, -0.2) is 0 Å². The van der Waals surface area contributed by atoms with E-state index in [1.54, 1.807) is 0 Å². The summed E-state index contributed by atoms with van der Waals surface area (Å²) in [4.78, 5) is 0. The van der Waals surface area contributed by atoms with E-state index in [9.17, 15) is 0 Å². The van der Waals surface area contributed by atoms with Crippen molar-refractivity contribution in [1.82, 2.24) is 0 Å². The van der Waals surface area contributed by atoms with E-state index in [-0.39, 0.29) is 0 Å². The van der Waals surface area contributed by atoms with Crippen LogP contribution in [0.4, 0.5) is 0 Å². The Labute approximate surface area is 125 Å². The highest BCUT2D eigenvalue weighted by Crippen LogP contribution is 2.37. The summed E-state index contributed by atoms with van der Waals surface area (Å²) in [5.41, 5.74) is 4.46. The van der Waals surface area contributed by atoms with E-state index >= 15 is 0 Å².